The van der Waals surface area contributed by atoms with Crippen LogP contribution in [0, 0.1) is 5.92 Å². The molecule has 1 aliphatic heterocycles. The Morgan fingerprint density at radius 1 is 1.32 bits per heavy atom. The van der Waals surface area contributed by atoms with Crippen LogP contribution in [0.4, 0.5) is 0 Å². The normalized spacial score (nSPS) is 23.3. The number of amides is 2. The van der Waals surface area contributed by atoms with Gasteiger partial charge in [0.25, 0.3) is 11.8 Å². The highest BCUT2D eigenvalue weighted by molar-refractivity contribution is 6.02. The molecule has 1 saturated heterocycles. The molecule has 102 valence electrons. The van der Waals surface area contributed by atoms with Gasteiger partial charge in [0.1, 0.15) is 0 Å². The van der Waals surface area contributed by atoms with Crippen molar-refractivity contribution in [2.24, 2.45) is 5.92 Å². The van der Waals surface area contributed by atoms with Crippen LogP contribution in [-0.4, -0.2) is 22.8 Å². The second-order valence-electron chi connectivity index (χ2n) is 5.01. The summed E-state index contributed by atoms with van der Waals surface area (Å²) in [7, 11) is 0. The lowest BCUT2D eigenvalue weighted by Gasteiger charge is -2.22. The molecular weight excluding hydrogens is 246 g/mol. The first kappa shape index (κ1) is 13.5. The first-order valence-corrected chi connectivity index (χ1v) is 6.41. The van der Waals surface area contributed by atoms with Crippen molar-refractivity contribution < 1.29 is 19.2 Å². The molecular formula is C14H17NO4. The van der Waals surface area contributed by atoms with Gasteiger partial charge in [-0.1, -0.05) is 18.2 Å². The molecule has 0 unspecified atom stereocenters. The van der Waals surface area contributed by atoms with Crippen LogP contribution < -0.4 is 0 Å². The van der Waals surface area contributed by atoms with E-state index in [2.05, 4.69) is 6.58 Å². The van der Waals surface area contributed by atoms with Crippen LogP contribution in [-0.2, 0) is 19.2 Å². The zero-order chi connectivity index (χ0) is 14.0. The SMILES string of the molecule is C=C(C)[C@H]1CC=C(C(=O)ON2C(=O)CCC2=O)CC1. The first-order chi connectivity index (χ1) is 8.99. The standard InChI is InChI=1S/C14H17NO4/c1-9(2)10-3-5-11(6-4-10)14(18)19-15-12(16)7-8-13(15)17/h5,10H,1,3-4,6-8H2,2H3/t10-/m0/s1. The summed E-state index contributed by atoms with van der Waals surface area (Å²) in [4.78, 5) is 39.4. The van der Waals surface area contributed by atoms with Gasteiger partial charge >= 0.3 is 5.97 Å². The third-order valence-corrected chi connectivity index (χ3v) is 3.55. The van der Waals surface area contributed by atoms with E-state index in [1.54, 1.807) is 0 Å². The summed E-state index contributed by atoms with van der Waals surface area (Å²) in [6.07, 6.45) is 4.23. The van der Waals surface area contributed by atoms with Crippen molar-refractivity contribution in [2.45, 2.75) is 39.0 Å². The van der Waals surface area contributed by atoms with Gasteiger partial charge in [0, 0.05) is 18.4 Å². The second kappa shape index (κ2) is 5.38. The number of nitrogens with zero attached hydrogens (tertiary/aromatic N) is 1. The Labute approximate surface area is 111 Å². The number of carbonyl (C=O) groups excluding carboxylic acids is 3. The second-order valence-corrected chi connectivity index (χ2v) is 5.01. The molecule has 1 heterocycles. The number of allylic oxidation sites excluding steroid dienone is 2. The van der Waals surface area contributed by atoms with Gasteiger partial charge in [-0.25, -0.2) is 4.79 Å². The number of imide groups is 1. The lowest BCUT2D eigenvalue weighted by atomic mass is 9.85. The van der Waals surface area contributed by atoms with Crippen molar-refractivity contribution in [1.29, 1.82) is 0 Å². The molecule has 5 nitrogen and oxygen atoms in total. The number of hydroxylamine groups is 2. The molecule has 0 saturated carbocycles. The number of rotatable bonds is 3. The minimum atomic E-state index is -0.594. The third kappa shape index (κ3) is 2.92. The summed E-state index contributed by atoms with van der Waals surface area (Å²) < 4.78 is 0. The van der Waals surface area contributed by atoms with Crippen LogP contribution >= 0.6 is 0 Å². The van der Waals surface area contributed by atoms with Crippen LogP contribution in [0.15, 0.2) is 23.8 Å². The van der Waals surface area contributed by atoms with E-state index in [4.69, 9.17) is 4.84 Å². The van der Waals surface area contributed by atoms with Crippen LogP contribution in [0.5, 0.6) is 0 Å². The van der Waals surface area contributed by atoms with E-state index < -0.39 is 17.8 Å². The fourth-order valence-corrected chi connectivity index (χ4v) is 2.27. The highest BCUT2D eigenvalue weighted by Gasteiger charge is 2.34. The zero-order valence-electron chi connectivity index (χ0n) is 11.0. The molecule has 1 fully saturated rings. The molecule has 5 heteroatoms. The van der Waals surface area contributed by atoms with Gasteiger partial charge in [-0.3, -0.25) is 9.59 Å². The monoisotopic (exact) mass is 263 g/mol. The maximum Gasteiger partial charge on any atom is 0.359 e. The van der Waals surface area contributed by atoms with Crippen molar-refractivity contribution in [1.82, 2.24) is 5.06 Å². The van der Waals surface area contributed by atoms with Gasteiger partial charge in [0.05, 0.1) is 0 Å². The minimum Gasteiger partial charge on any atom is -0.325 e. The molecule has 0 aromatic heterocycles. The van der Waals surface area contributed by atoms with Gasteiger partial charge < -0.3 is 4.84 Å². The van der Waals surface area contributed by atoms with E-state index in [1.165, 1.54) is 0 Å². The summed E-state index contributed by atoms with van der Waals surface area (Å²) in [5.74, 6) is -1.10. The lowest BCUT2D eigenvalue weighted by molar-refractivity contribution is -0.194. The van der Waals surface area contributed by atoms with Crippen LogP contribution in [0.3, 0.4) is 0 Å². The average Bonchev–Trinajstić information content (AvgIpc) is 2.70. The Bertz CT molecular complexity index is 462. The quantitative estimate of drug-likeness (QED) is 0.576. The summed E-state index contributed by atoms with van der Waals surface area (Å²) in [6, 6.07) is 0. The highest BCUT2D eigenvalue weighted by atomic mass is 16.7. The van der Waals surface area contributed by atoms with E-state index in [0.717, 1.165) is 18.4 Å². The van der Waals surface area contributed by atoms with Gasteiger partial charge in [-0.05, 0) is 32.1 Å². The molecule has 0 spiro atoms. The van der Waals surface area contributed by atoms with Gasteiger partial charge in [0.2, 0.25) is 0 Å². The Morgan fingerprint density at radius 2 is 1.95 bits per heavy atom. The highest BCUT2D eigenvalue weighted by Crippen LogP contribution is 2.29. The third-order valence-electron chi connectivity index (χ3n) is 3.55. The molecule has 0 aromatic rings. The molecule has 1 atom stereocenters. The van der Waals surface area contributed by atoms with Crippen molar-refractivity contribution in [2.75, 3.05) is 0 Å². The minimum absolute atomic E-state index is 0.114. The maximum absolute atomic E-state index is 11.9. The predicted molar refractivity (Wildman–Crippen MR) is 67.4 cm³/mol. The molecule has 2 amide bonds. The van der Waals surface area contributed by atoms with Gasteiger partial charge in [-0.2, -0.15) is 0 Å². The molecule has 0 bridgehead atoms. The van der Waals surface area contributed by atoms with E-state index in [0.29, 0.717) is 23.0 Å². The average molecular weight is 263 g/mol. The Balaban J connectivity index is 1.96. The number of hydrogen-bond acceptors (Lipinski definition) is 4. The van der Waals surface area contributed by atoms with E-state index >= 15 is 0 Å². The molecule has 19 heavy (non-hydrogen) atoms. The maximum atomic E-state index is 11.9. The Morgan fingerprint density at radius 3 is 2.42 bits per heavy atom. The summed E-state index contributed by atoms with van der Waals surface area (Å²) >= 11 is 0. The Hall–Kier alpha value is -1.91. The van der Waals surface area contributed by atoms with Gasteiger partial charge in [-0.15, -0.1) is 5.06 Å². The smallest absolute Gasteiger partial charge is 0.325 e. The summed E-state index contributed by atoms with van der Waals surface area (Å²) in [5.41, 5.74) is 1.64. The van der Waals surface area contributed by atoms with Crippen molar-refractivity contribution in [3.05, 3.63) is 23.8 Å². The Kier molecular flexibility index (Phi) is 3.83. The van der Waals surface area contributed by atoms with Crippen LogP contribution in [0.25, 0.3) is 0 Å². The van der Waals surface area contributed by atoms with E-state index in [1.807, 2.05) is 13.0 Å². The fraction of sp³-hybridized carbons (Fsp3) is 0.500. The molecule has 0 N–H and O–H groups in total. The van der Waals surface area contributed by atoms with Crippen LogP contribution in [0.2, 0.25) is 0 Å². The number of hydrogen-bond donors (Lipinski definition) is 0. The largest absolute Gasteiger partial charge is 0.359 e. The van der Waals surface area contributed by atoms with Crippen molar-refractivity contribution in [3.63, 3.8) is 0 Å². The van der Waals surface area contributed by atoms with E-state index in [9.17, 15) is 14.4 Å². The van der Waals surface area contributed by atoms with E-state index in [-0.39, 0.29) is 12.8 Å². The van der Waals surface area contributed by atoms with Crippen molar-refractivity contribution in [3.8, 4) is 0 Å². The first-order valence-electron chi connectivity index (χ1n) is 6.41. The van der Waals surface area contributed by atoms with Gasteiger partial charge in [0.15, 0.2) is 0 Å². The summed E-state index contributed by atoms with van der Waals surface area (Å²) in [5, 5.41) is 0.591. The predicted octanol–water partition coefficient (Wildman–Crippen LogP) is 1.90. The molecule has 2 rings (SSSR count). The van der Waals surface area contributed by atoms with Crippen molar-refractivity contribution >= 4 is 17.8 Å². The molecule has 0 aromatic carbocycles. The summed E-state index contributed by atoms with van der Waals surface area (Å²) in [6.45, 7) is 5.88. The molecule has 1 aliphatic carbocycles. The number of carbonyl (C=O) groups is 3. The van der Waals surface area contributed by atoms with Crippen LogP contribution in [0.1, 0.15) is 39.0 Å². The molecule has 0 radical (unpaired) electrons. The molecule has 2 aliphatic rings. The topological polar surface area (TPSA) is 63.7 Å². The lowest BCUT2D eigenvalue weighted by Crippen LogP contribution is -2.33. The fourth-order valence-electron chi connectivity index (χ4n) is 2.27. The zero-order valence-corrected chi connectivity index (χ0v) is 11.0.